The molecule has 4 aliphatic heterocycles. The number of benzene rings is 3. The van der Waals surface area contributed by atoms with Crippen molar-refractivity contribution in [3.05, 3.63) is 124 Å². The van der Waals surface area contributed by atoms with E-state index in [9.17, 15) is 52.2 Å². The van der Waals surface area contributed by atoms with E-state index in [1.807, 2.05) is 5.32 Å². The van der Waals surface area contributed by atoms with E-state index in [0.717, 1.165) is 45.4 Å². The number of piperazine rings is 1. The average Bonchev–Trinajstić information content (AvgIpc) is 1.38. The number of hydrogen-bond acceptors (Lipinski definition) is 19. The first-order valence-corrected chi connectivity index (χ1v) is 36.0. The van der Waals surface area contributed by atoms with Gasteiger partial charge in [0.2, 0.25) is 17.8 Å². The zero-order valence-corrected chi connectivity index (χ0v) is 61.9. The van der Waals surface area contributed by atoms with Gasteiger partial charge in [0.1, 0.15) is 35.6 Å². The van der Waals surface area contributed by atoms with Crippen LogP contribution in [-0.4, -0.2) is 206 Å². The molecule has 7 N–H and O–H groups in total. The number of carbonyl (C=O) groups is 7. The minimum absolute atomic E-state index is 0.0228. The SMILES string of the molecule is COC(=O)N[C@H](C(=O)N[C@@H](Cc1ccc(C#Cc2cnc(N3CC4CCC(C3)N4C3COC3)nc2)cc1)[C@H](CN(Cc1c(F)cc(-c2ccn(C(F)F)n2)cc1F)NC(=O)[C@@H](NC(=O)OC)C(C)(C)C(F)(F)F)OC(=O)CC(C)(C)c1c(CC(=O)N2CC[C@H](C(=O)O)C2)cc(C)cc1OP(=O)(O)O)C(C)(C)C(F)(F)F. The van der Waals surface area contributed by atoms with Gasteiger partial charge in [0.15, 0.2) is 0 Å². The summed E-state index contributed by atoms with van der Waals surface area (Å²) in [5, 5.41) is 19.8. The highest BCUT2D eigenvalue weighted by molar-refractivity contribution is 7.46. The highest BCUT2D eigenvalue weighted by Gasteiger charge is 2.58. The molecule has 0 saturated carbocycles. The van der Waals surface area contributed by atoms with Crippen LogP contribution in [0.15, 0.2) is 73.2 Å². The number of anilines is 1. The molecule has 3 aromatic carbocycles. The number of likely N-dealkylation sites (tertiary alicyclic amines) is 1. The molecule has 0 spiro atoms. The summed E-state index contributed by atoms with van der Waals surface area (Å²) in [6.45, 7) is 2.62. The van der Waals surface area contributed by atoms with E-state index in [2.05, 4.69) is 56.9 Å². The Kier molecular flexibility index (Phi) is 26.0. The number of aryl methyl sites for hydroxylation is 1. The minimum Gasteiger partial charge on any atom is -0.481 e. The van der Waals surface area contributed by atoms with Gasteiger partial charge < -0.3 is 54.3 Å². The van der Waals surface area contributed by atoms with Crippen molar-refractivity contribution in [1.29, 1.82) is 0 Å². The molecular formula is C71H83F10N12O16P. The van der Waals surface area contributed by atoms with E-state index in [0.29, 0.717) is 106 Å². The molecule has 5 amide bonds. The van der Waals surface area contributed by atoms with Crippen LogP contribution in [0.2, 0.25) is 0 Å². The lowest BCUT2D eigenvalue weighted by Crippen LogP contribution is -2.64. The van der Waals surface area contributed by atoms with Crippen LogP contribution in [0.3, 0.4) is 0 Å². The van der Waals surface area contributed by atoms with Crippen LogP contribution in [-0.2, 0) is 72.3 Å². The number of carboxylic acids is 1. The number of carboxylic acid groups (broad SMARTS) is 1. The zero-order valence-electron chi connectivity index (χ0n) is 61.0. The first kappa shape index (κ1) is 84.4. The van der Waals surface area contributed by atoms with E-state index in [1.165, 1.54) is 68.4 Å². The Morgan fingerprint density at radius 1 is 0.755 bits per heavy atom. The van der Waals surface area contributed by atoms with Crippen LogP contribution in [0.1, 0.15) is 113 Å². The monoisotopic (exact) mass is 1580 g/mol. The van der Waals surface area contributed by atoms with Crippen molar-refractivity contribution in [3.63, 3.8) is 0 Å². The summed E-state index contributed by atoms with van der Waals surface area (Å²) in [7, 11) is -4.08. The predicted octanol–water partition coefficient (Wildman–Crippen LogP) is 8.19. The molecular weight excluding hydrogens is 1500 g/mol. The van der Waals surface area contributed by atoms with Crippen LogP contribution in [0.25, 0.3) is 11.3 Å². The number of alkyl carbamates (subject to hydrolysis) is 2. The van der Waals surface area contributed by atoms with Gasteiger partial charge in [-0.25, -0.2) is 42.6 Å². The fraction of sp³-hybridized carbons (Fsp3) is 0.521. The number of aliphatic carboxylic acids is 1. The molecule has 39 heteroatoms. The van der Waals surface area contributed by atoms with Gasteiger partial charge >= 0.3 is 50.8 Å². The summed E-state index contributed by atoms with van der Waals surface area (Å²) >= 11 is 0. The summed E-state index contributed by atoms with van der Waals surface area (Å²) in [6.07, 6.45) is -12.7. The lowest BCUT2D eigenvalue weighted by atomic mass is 9.77. The van der Waals surface area contributed by atoms with Gasteiger partial charge in [0, 0.05) is 91.1 Å². The third kappa shape index (κ3) is 20.3. The number of amides is 5. The normalized spacial score (nSPS) is 18.3. The van der Waals surface area contributed by atoms with Crippen molar-refractivity contribution in [2.45, 2.75) is 160 Å². The molecule has 7 atom stereocenters. The maximum Gasteiger partial charge on any atom is 0.524 e. The Bertz CT molecular complexity index is 4300. The fourth-order valence-corrected chi connectivity index (χ4v) is 14.1. The van der Waals surface area contributed by atoms with Crippen LogP contribution in [0.4, 0.5) is 59.4 Å². The summed E-state index contributed by atoms with van der Waals surface area (Å²) < 4.78 is 191. The van der Waals surface area contributed by atoms with E-state index in [1.54, 1.807) is 5.32 Å². The van der Waals surface area contributed by atoms with Crippen molar-refractivity contribution in [3.8, 4) is 28.8 Å². The van der Waals surface area contributed by atoms with Gasteiger partial charge in [0.05, 0.1) is 86.9 Å². The first-order chi connectivity index (χ1) is 51.4. The van der Waals surface area contributed by atoms with Gasteiger partial charge in [-0.05, 0) is 113 Å². The Hall–Kier alpha value is -9.67. The number of rotatable bonds is 28. The van der Waals surface area contributed by atoms with Crippen LogP contribution in [0.5, 0.6) is 5.75 Å². The Balaban J connectivity index is 1.17. The third-order valence-corrected chi connectivity index (χ3v) is 20.4. The smallest absolute Gasteiger partial charge is 0.481 e. The maximum atomic E-state index is 16.9. The lowest BCUT2D eigenvalue weighted by Gasteiger charge is -2.47. The number of phosphoric ester groups is 1. The standard InChI is InChI=1S/C71H83F10N12O16P/c1-38-22-44(27-55(94)89-20-18-42(31-89)62(98)99)57(53(23-38)109-110(102,103)104)67(2,3)28-56(95)108-54(35-91(88-61(97)59(86-66(101)106-9)69(6,7)71(79,80)81)34-48-49(72)25-43(26-50(48)73)51-19-21-92(87-51)63(74)75)52(84-60(96)58(85-65(100)105-8)68(4,5)70(76,77)78)24-40-13-10-39(11-14-40)12-15-41-29-82-64(83-30-41)90-32-45-16-17-46(33-90)93(45)47-36-107-37-47/h10-11,13-14,19,21-23,25-26,29-30,42,45-47,52,54,58-59,63H,16-18,20,24,27-28,31-37H2,1-9H3,(H,84,96)(H,85,100)(H,86,101)(H,88,97)(H,98,99)(H2,102,103,104)/t42-,45?,46?,52-,54-,58+,59+/m0/s1. The van der Waals surface area contributed by atoms with Crippen molar-refractivity contribution in [2.24, 2.45) is 16.7 Å². The highest BCUT2D eigenvalue weighted by Crippen LogP contribution is 2.47. The summed E-state index contributed by atoms with van der Waals surface area (Å²) in [4.78, 5) is 133. The van der Waals surface area contributed by atoms with Gasteiger partial charge in [-0.2, -0.15) is 40.2 Å². The Labute approximate surface area is 624 Å². The van der Waals surface area contributed by atoms with Crippen molar-refractivity contribution in [2.75, 3.05) is 65.1 Å². The van der Waals surface area contributed by atoms with Crippen LogP contribution >= 0.6 is 7.82 Å². The summed E-state index contributed by atoms with van der Waals surface area (Å²) in [6, 6.07) is 3.82. The number of phosphoric acid groups is 1. The largest absolute Gasteiger partial charge is 0.524 e. The highest BCUT2D eigenvalue weighted by atomic mass is 31.2. The molecule has 598 valence electrons. The minimum atomic E-state index is -5.57. The van der Waals surface area contributed by atoms with Crippen LogP contribution < -0.4 is 30.8 Å². The van der Waals surface area contributed by atoms with Gasteiger partial charge in [-0.15, -0.1) is 0 Å². The number of nitrogens with zero attached hydrogens (tertiary/aromatic N) is 8. The molecule has 0 aliphatic carbocycles. The second kappa shape index (κ2) is 33.9. The topological polar surface area (TPSA) is 348 Å². The number of hydrazine groups is 1. The Morgan fingerprint density at radius 3 is 1.84 bits per heavy atom. The molecule has 2 aromatic heterocycles. The molecule has 4 aliphatic rings. The van der Waals surface area contributed by atoms with Gasteiger partial charge in [0.25, 0.3) is 5.91 Å². The number of halogens is 10. The molecule has 2 bridgehead atoms. The molecule has 4 fully saturated rings. The van der Waals surface area contributed by atoms with Gasteiger partial charge in [-0.3, -0.25) is 44.1 Å². The molecule has 6 heterocycles. The molecule has 4 saturated heterocycles. The number of ether oxygens (including phenoxy) is 4. The second-order valence-electron chi connectivity index (χ2n) is 29.1. The van der Waals surface area contributed by atoms with Crippen LogP contribution in [0, 0.1) is 47.1 Å². The second-order valence-corrected chi connectivity index (χ2v) is 30.2. The summed E-state index contributed by atoms with van der Waals surface area (Å²) in [5.74, 6) is -5.14. The number of aromatic nitrogens is 4. The quantitative estimate of drug-likeness (QED) is 0.00619. The number of carbonyl (C=O) groups excluding carboxylic acids is 6. The average molecular weight is 1580 g/mol. The molecule has 2 unspecified atom stereocenters. The summed E-state index contributed by atoms with van der Waals surface area (Å²) in [5.41, 5.74) is -7.62. The Morgan fingerprint density at radius 2 is 1.33 bits per heavy atom. The number of methoxy groups -OCH3 is 2. The van der Waals surface area contributed by atoms with E-state index in [4.69, 9.17) is 14.0 Å². The lowest BCUT2D eigenvalue weighted by molar-refractivity contribution is -0.221. The number of nitrogens with one attached hydrogen (secondary N) is 4. The van der Waals surface area contributed by atoms with E-state index >= 15 is 44.7 Å². The molecule has 9 rings (SSSR count). The van der Waals surface area contributed by atoms with Gasteiger partial charge in [-0.1, -0.05) is 43.9 Å². The number of alkyl halides is 8. The molecule has 5 aromatic rings. The van der Waals surface area contributed by atoms with Crippen molar-refractivity contribution in [1.82, 2.24) is 55.9 Å². The molecule has 110 heavy (non-hydrogen) atoms. The number of fused-ring (bicyclic) bond motifs is 2. The van der Waals surface area contributed by atoms with E-state index in [-0.39, 0.29) is 46.4 Å². The van der Waals surface area contributed by atoms with E-state index < -0.39 is 182 Å². The van der Waals surface area contributed by atoms with Crippen molar-refractivity contribution < 1.29 is 120 Å². The number of esters is 1. The molecule has 28 nitrogen and oxygen atoms in total. The predicted molar refractivity (Wildman–Crippen MR) is 369 cm³/mol. The number of hydrogen-bond donors (Lipinski definition) is 7. The third-order valence-electron chi connectivity index (χ3n) is 19.9. The maximum absolute atomic E-state index is 16.9. The zero-order chi connectivity index (χ0) is 80.9. The fourth-order valence-electron chi connectivity index (χ4n) is 13.7. The molecule has 0 radical (unpaired) electrons. The van der Waals surface area contributed by atoms with Crippen molar-refractivity contribution >= 4 is 55.6 Å². The first-order valence-electron chi connectivity index (χ1n) is 34.5.